The summed E-state index contributed by atoms with van der Waals surface area (Å²) in [5.41, 5.74) is 7.33. The lowest BCUT2D eigenvalue weighted by molar-refractivity contribution is 0.0915. The zero-order valence-electron chi connectivity index (χ0n) is 14.0. The zero-order valence-corrected chi connectivity index (χ0v) is 15.6. The second-order valence-electron chi connectivity index (χ2n) is 6.10. The molecule has 1 fully saturated rings. The van der Waals surface area contributed by atoms with Crippen LogP contribution in [-0.4, -0.2) is 33.3 Å². The molecule has 0 spiro atoms. The minimum Gasteiger partial charge on any atom is -0.348 e. The summed E-state index contributed by atoms with van der Waals surface area (Å²) in [5, 5.41) is 7.21. The minimum absolute atomic E-state index is 0. The van der Waals surface area contributed by atoms with E-state index in [1.165, 1.54) is 25.6 Å². The molecular weight excluding hydrogens is 361 g/mol. The molecule has 1 aromatic carbocycles. The average molecular weight is 386 g/mol. The Balaban J connectivity index is 0.00000156. The summed E-state index contributed by atoms with van der Waals surface area (Å²) >= 11 is 0. The van der Waals surface area contributed by atoms with Gasteiger partial charge in [-0.1, -0.05) is 25.3 Å². The minimum atomic E-state index is -0.0759. The quantitative estimate of drug-likeness (QED) is 0.828. The van der Waals surface area contributed by atoms with Gasteiger partial charge >= 0.3 is 0 Å². The molecular formula is C17H25Cl2N5O. The molecule has 3 rings (SSSR count). The molecule has 1 amide bonds. The number of carbonyl (C=O) groups is 1. The summed E-state index contributed by atoms with van der Waals surface area (Å²) in [6.45, 7) is 0.485. The third-order valence-corrected chi connectivity index (χ3v) is 4.58. The molecule has 1 saturated carbocycles. The van der Waals surface area contributed by atoms with Crippen LogP contribution in [0.5, 0.6) is 0 Å². The highest BCUT2D eigenvalue weighted by Gasteiger charge is 2.24. The lowest BCUT2D eigenvalue weighted by Gasteiger charge is -2.30. The van der Waals surface area contributed by atoms with Gasteiger partial charge in [0.25, 0.3) is 5.91 Å². The van der Waals surface area contributed by atoms with Crippen LogP contribution in [0.4, 0.5) is 0 Å². The standard InChI is InChI=1S/C17H23N5O.2ClH/c18-10-16(13-5-2-1-3-6-13)21-17(23)14-7-4-8-15(9-14)22-12-19-11-20-22;;/h4,7-9,11-13,16H,1-3,5-6,10,18H2,(H,21,23);2*1H/t16-;;/m0../s1. The van der Waals surface area contributed by atoms with Gasteiger partial charge < -0.3 is 11.1 Å². The Hall–Kier alpha value is -1.63. The molecule has 138 valence electrons. The van der Waals surface area contributed by atoms with E-state index in [1.807, 2.05) is 24.3 Å². The molecule has 0 saturated heterocycles. The number of hydrogen-bond acceptors (Lipinski definition) is 4. The normalized spacial score (nSPS) is 15.6. The van der Waals surface area contributed by atoms with Crippen molar-refractivity contribution in [3.8, 4) is 5.69 Å². The molecule has 1 atom stereocenters. The molecule has 3 N–H and O–H groups in total. The summed E-state index contributed by atoms with van der Waals surface area (Å²) in [5.74, 6) is 0.421. The highest BCUT2D eigenvalue weighted by molar-refractivity contribution is 5.95. The van der Waals surface area contributed by atoms with Crippen LogP contribution in [0.2, 0.25) is 0 Å². The summed E-state index contributed by atoms with van der Waals surface area (Å²) in [6, 6.07) is 7.43. The van der Waals surface area contributed by atoms with Crippen molar-refractivity contribution in [2.75, 3.05) is 6.54 Å². The molecule has 25 heavy (non-hydrogen) atoms. The molecule has 1 aliphatic rings. The molecule has 0 unspecified atom stereocenters. The number of nitrogens with one attached hydrogen (secondary N) is 1. The van der Waals surface area contributed by atoms with E-state index in [0.29, 0.717) is 18.0 Å². The van der Waals surface area contributed by atoms with Gasteiger partial charge in [0, 0.05) is 18.2 Å². The van der Waals surface area contributed by atoms with E-state index in [-0.39, 0.29) is 36.8 Å². The first-order valence-electron chi connectivity index (χ1n) is 8.24. The van der Waals surface area contributed by atoms with E-state index >= 15 is 0 Å². The predicted molar refractivity (Wildman–Crippen MR) is 103 cm³/mol. The maximum absolute atomic E-state index is 12.6. The topological polar surface area (TPSA) is 85.8 Å². The fraction of sp³-hybridized carbons (Fsp3) is 0.471. The lowest BCUT2D eigenvalue weighted by atomic mass is 9.84. The maximum Gasteiger partial charge on any atom is 0.251 e. The number of benzene rings is 1. The van der Waals surface area contributed by atoms with Crippen molar-refractivity contribution in [2.45, 2.75) is 38.1 Å². The van der Waals surface area contributed by atoms with Gasteiger partial charge in [0.15, 0.2) is 0 Å². The Labute approximate surface area is 160 Å². The van der Waals surface area contributed by atoms with Crippen molar-refractivity contribution in [1.82, 2.24) is 20.1 Å². The third-order valence-electron chi connectivity index (χ3n) is 4.58. The smallest absolute Gasteiger partial charge is 0.251 e. The zero-order chi connectivity index (χ0) is 16.1. The number of carbonyl (C=O) groups excluding carboxylic acids is 1. The number of amides is 1. The van der Waals surface area contributed by atoms with Crippen LogP contribution < -0.4 is 11.1 Å². The van der Waals surface area contributed by atoms with Gasteiger partial charge in [0.2, 0.25) is 0 Å². The number of halogens is 2. The summed E-state index contributed by atoms with van der Waals surface area (Å²) in [7, 11) is 0. The van der Waals surface area contributed by atoms with Gasteiger partial charge in [0.05, 0.1) is 5.69 Å². The Morgan fingerprint density at radius 1 is 1.28 bits per heavy atom. The molecule has 6 nitrogen and oxygen atoms in total. The van der Waals surface area contributed by atoms with Crippen molar-refractivity contribution >= 4 is 30.7 Å². The maximum atomic E-state index is 12.6. The fourth-order valence-corrected chi connectivity index (χ4v) is 3.29. The van der Waals surface area contributed by atoms with E-state index < -0.39 is 0 Å². The first kappa shape index (κ1) is 21.4. The van der Waals surface area contributed by atoms with E-state index in [1.54, 1.807) is 11.0 Å². The van der Waals surface area contributed by atoms with E-state index in [4.69, 9.17) is 5.73 Å². The molecule has 0 aliphatic heterocycles. The van der Waals surface area contributed by atoms with E-state index in [2.05, 4.69) is 15.4 Å². The van der Waals surface area contributed by atoms with Gasteiger partial charge in [0.1, 0.15) is 12.7 Å². The van der Waals surface area contributed by atoms with E-state index in [0.717, 1.165) is 18.5 Å². The second kappa shape index (κ2) is 10.4. The van der Waals surface area contributed by atoms with Gasteiger partial charge in [-0.05, 0) is 37.0 Å². The van der Waals surface area contributed by atoms with Gasteiger partial charge in [-0.3, -0.25) is 4.79 Å². The van der Waals surface area contributed by atoms with Crippen molar-refractivity contribution in [3.63, 3.8) is 0 Å². The third kappa shape index (κ3) is 5.42. The summed E-state index contributed by atoms with van der Waals surface area (Å²) in [4.78, 5) is 16.5. The first-order valence-corrected chi connectivity index (χ1v) is 8.24. The highest BCUT2D eigenvalue weighted by atomic mass is 35.5. The van der Waals surface area contributed by atoms with Crippen LogP contribution in [0.15, 0.2) is 36.9 Å². The van der Waals surface area contributed by atoms with Gasteiger partial charge in [-0.2, -0.15) is 5.10 Å². The Kier molecular flexibility index (Phi) is 8.89. The lowest BCUT2D eigenvalue weighted by Crippen LogP contribution is -2.45. The number of nitrogens with zero attached hydrogens (tertiary/aromatic N) is 3. The number of rotatable bonds is 5. The van der Waals surface area contributed by atoms with Crippen molar-refractivity contribution in [1.29, 1.82) is 0 Å². The molecule has 0 bridgehead atoms. The van der Waals surface area contributed by atoms with Gasteiger partial charge in [-0.25, -0.2) is 9.67 Å². The summed E-state index contributed by atoms with van der Waals surface area (Å²) < 4.78 is 1.64. The molecule has 8 heteroatoms. The van der Waals surface area contributed by atoms with Crippen LogP contribution in [0, 0.1) is 5.92 Å². The van der Waals surface area contributed by atoms with Crippen LogP contribution in [0.25, 0.3) is 5.69 Å². The monoisotopic (exact) mass is 385 g/mol. The number of hydrogen-bond donors (Lipinski definition) is 2. The predicted octanol–water partition coefficient (Wildman–Crippen LogP) is 2.75. The average Bonchev–Trinajstić information content (AvgIpc) is 3.15. The molecule has 0 radical (unpaired) electrons. The van der Waals surface area contributed by atoms with Gasteiger partial charge in [-0.15, -0.1) is 24.8 Å². The Morgan fingerprint density at radius 3 is 2.68 bits per heavy atom. The summed E-state index contributed by atoms with van der Waals surface area (Å²) in [6.07, 6.45) is 9.16. The SMILES string of the molecule is Cl.Cl.NC[C@H](NC(=O)c1cccc(-n2cncn2)c1)C1CCCCC1. The van der Waals surface area contributed by atoms with E-state index in [9.17, 15) is 4.79 Å². The first-order chi connectivity index (χ1) is 11.3. The largest absolute Gasteiger partial charge is 0.348 e. The Bertz CT molecular complexity index is 644. The molecule has 1 aromatic heterocycles. The molecule has 1 aliphatic carbocycles. The van der Waals surface area contributed by atoms with Crippen LogP contribution in [0.3, 0.4) is 0 Å². The number of aromatic nitrogens is 3. The molecule has 2 aromatic rings. The Morgan fingerprint density at radius 2 is 2.04 bits per heavy atom. The van der Waals surface area contributed by atoms with Crippen molar-refractivity contribution in [2.24, 2.45) is 11.7 Å². The van der Waals surface area contributed by atoms with Crippen LogP contribution in [0.1, 0.15) is 42.5 Å². The molecule has 1 heterocycles. The van der Waals surface area contributed by atoms with Crippen molar-refractivity contribution in [3.05, 3.63) is 42.5 Å². The second-order valence-corrected chi connectivity index (χ2v) is 6.10. The van der Waals surface area contributed by atoms with Crippen LogP contribution in [-0.2, 0) is 0 Å². The fourth-order valence-electron chi connectivity index (χ4n) is 3.29. The van der Waals surface area contributed by atoms with Crippen LogP contribution >= 0.6 is 24.8 Å². The highest BCUT2D eigenvalue weighted by Crippen LogP contribution is 2.26. The number of nitrogens with two attached hydrogens (primary N) is 1. The van der Waals surface area contributed by atoms with Crippen molar-refractivity contribution < 1.29 is 4.79 Å².